The van der Waals surface area contributed by atoms with Crippen molar-refractivity contribution in [2.75, 3.05) is 23.6 Å². The average molecular weight is 368 g/mol. The Morgan fingerprint density at radius 1 is 1.24 bits per heavy atom. The predicted octanol–water partition coefficient (Wildman–Crippen LogP) is 0.126. The second kappa shape index (κ2) is 7.83. The van der Waals surface area contributed by atoms with Crippen LogP contribution in [0.5, 0.6) is 0 Å². The van der Waals surface area contributed by atoms with Crippen LogP contribution in [0.15, 0.2) is 24.3 Å². The van der Waals surface area contributed by atoms with Gasteiger partial charge in [0.1, 0.15) is 6.04 Å². The van der Waals surface area contributed by atoms with Crippen molar-refractivity contribution in [3.05, 3.63) is 29.8 Å². The smallest absolute Gasteiger partial charge is 0.254 e. The summed E-state index contributed by atoms with van der Waals surface area (Å²) < 4.78 is 25.6. The van der Waals surface area contributed by atoms with Gasteiger partial charge in [0.05, 0.1) is 5.75 Å². The van der Waals surface area contributed by atoms with Crippen molar-refractivity contribution in [3.8, 4) is 0 Å². The molecular formula is C16H24N4O4S. The van der Waals surface area contributed by atoms with Gasteiger partial charge in [-0.1, -0.05) is 0 Å². The number of anilines is 1. The number of nitrogens with two attached hydrogens (primary N) is 1. The molecule has 0 aliphatic carbocycles. The summed E-state index contributed by atoms with van der Waals surface area (Å²) in [5, 5.41) is 2.72. The maximum atomic E-state index is 12.7. The Labute approximate surface area is 147 Å². The Balaban J connectivity index is 2.15. The number of likely N-dealkylation sites (N-methyl/N-ethyl adjacent to an activating group) is 1. The summed E-state index contributed by atoms with van der Waals surface area (Å²) in [5.41, 5.74) is 6.69. The first-order valence-corrected chi connectivity index (χ1v) is 9.87. The molecule has 0 radical (unpaired) electrons. The number of carbonyl (C=O) groups is 2. The van der Waals surface area contributed by atoms with E-state index in [9.17, 15) is 18.0 Å². The van der Waals surface area contributed by atoms with Crippen molar-refractivity contribution in [2.45, 2.75) is 32.4 Å². The maximum absolute atomic E-state index is 12.7. The fourth-order valence-corrected chi connectivity index (χ4v) is 3.37. The second-order valence-electron chi connectivity index (χ2n) is 5.95. The van der Waals surface area contributed by atoms with E-state index in [0.717, 1.165) is 0 Å². The first-order valence-electron chi connectivity index (χ1n) is 8.22. The Morgan fingerprint density at radius 3 is 2.44 bits per heavy atom. The maximum Gasteiger partial charge on any atom is 0.254 e. The van der Waals surface area contributed by atoms with Gasteiger partial charge in [0.25, 0.3) is 5.91 Å². The molecule has 9 heteroatoms. The number of benzene rings is 1. The van der Waals surface area contributed by atoms with E-state index in [2.05, 4.69) is 10.0 Å². The molecule has 1 fully saturated rings. The molecule has 1 heterocycles. The van der Waals surface area contributed by atoms with Crippen LogP contribution in [0.4, 0.5) is 5.69 Å². The quantitative estimate of drug-likeness (QED) is 0.659. The molecule has 0 unspecified atom stereocenters. The van der Waals surface area contributed by atoms with Crippen LogP contribution in [-0.2, 0) is 14.8 Å². The van der Waals surface area contributed by atoms with Crippen molar-refractivity contribution in [2.24, 2.45) is 5.73 Å². The van der Waals surface area contributed by atoms with Gasteiger partial charge >= 0.3 is 0 Å². The van der Waals surface area contributed by atoms with Gasteiger partial charge in [-0.15, -0.1) is 0 Å². The van der Waals surface area contributed by atoms with Crippen LogP contribution in [0.1, 0.15) is 30.6 Å². The molecule has 0 bridgehead atoms. The Morgan fingerprint density at radius 2 is 1.88 bits per heavy atom. The lowest BCUT2D eigenvalue weighted by molar-refractivity contribution is -0.124. The van der Waals surface area contributed by atoms with Crippen molar-refractivity contribution in [3.63, 3.8) is 0 Å². The number of carbonyl (C=O) groups excluding carboxylic acids is 2. The van der Waals surface area contributed by atoms with Gasteiger partial charge in [-0.25, -0.2) is 8.42 Å². The average Bonchev–Trinajstić information content (AvgIpc) is 2.97. The molecule has 2 rings (SSSR count). The third-order valence-corrected chi connectivity index (χ3v) is 5.34. The minimum Gasteiger partial charge on any atom is -0.355 e. The van der Waals surface area contributed by atoms with Crippen LogP contribution in [0.2, 0.25) is 0 Å². The van der Waals surface area contributed by atoms with Gasteiger partial charge in [-0.2, -0.15) is 0 Å². The molecule has 25 heavy (non-hydrogen) atoms. The van der Waals surface area contributed by atoms with Gasteiger partial charge in [0.2, 0.25) is 15.9 Å². The van der Waals surface area contributed by atoms with Crippen molar-refractivity contribution < 1.29 is 18.0 Å². The molecule has 138 valence electrons. The number of hydrogen-bond donors (Lipinski definition) is 3. The normalized spacial score (nSPS) is 20.4. The van der Waals surface area contributed by atoms with E-state index >= 15 is 0 Å². The summed E-state index contributed by atoms with van der Waals surface area (Å²) >= 11 is 0. The fraction of sp³-hybridized carbons (Fsp3) is 0.500. The van der Waals surface area contributed by atoms with Crippen molar-refractivity contribution in [1.82, 2.24) is 10.2 Å². The Bertz CT molecular complexity index is 733. The van der Waals surface area contributed by atoms with E-state index in [1.54, 1.807) is 6.92 Å². The highest BCUT2D eigenvalue weighted by molar-refractivity contribution is 7.92. The van der Waals surface area contributed by atoms with Crippen LogP contribution in [0.3, 0.4) is 0 Å². The summed E-state index contributed by atoms with van der Waals surface area (Å²) in [6.45, 7) is 4.15. The number of nitrogens with zero attached hydrogens (tertiary/aromatic N) is 1. The van der Waals surface area contributed by atoms with Gasteiger partial charge < -0.3 is 16.0 Å². The molecule has 1 aliphatic heterocycles. The zero-order valence-electron chi connectivity index (χ0n) is 14.4. The van der Waals surface area contributed by atoms with Crippen LogP contribution in [-0.4, -0.2) is 56.1 Å². The lowest BCUT2D eigenvalue weighted by atomic mass is 10.1. The lowest BCUT2D eigenvalue weighted by Crippen LogP contribution is -2.45. The van der Waals surface area contributed by atoms with Gasteiger partial charge in [-0.05, 0) is 44.5 Å². The van der Waals surface area contributed by atoms with E-state index in [4.69, 9.17) is 5.73 Å². The molecule has 1 aromatic rings. The standard InChI is InChI=1S/C16H24N4O4S/c1-3-18-15(21)14-9-12(17)10-20(14)16(22)11-5-7-13(8-6-11)19-25(23,24)4-2/h5-8,12,14,19H,3-4,9-10,17H2,1-2H3,(H,18,21)/t12-,14+/m1/s1. The third-order valence-electron chi connectivity index (χ3n) is 4.03. The molecule has 2 atom stereocenters. The minimum absolute atomic E-state index is 0.0342. The number of likely N-dealkylation sites (tertiary alicyclic amines) is 1. The Hall–Kier alpha value is -2.13. The van der Waals surface area contributed by atoms with Crippen LogP contribution in [0, 0.1) is 0 Å². The van der Waals surface area contributed by atoms with E-state index < -0.39 is 16.1 Å². The van der Waals surface area contributed by atoms with E-state index in [-0.39, 0.29) is 23.6 Å². The van der Waals surface area contributed by atoms with Crippen LogP contribution >= 0.6 is 0 Å². The summed E-state index contributed by atoms with van der Waals surface area (Å²) in [5.74, 6) is -0.543. The van der Waals surface area contributed by atoms with Crippen molar-refractivity contribution >= 4 is 27.5 Å². The topological polar surface area (TPSA) is 122 Å². The monoisotopic (exact) mass is 368 g/mol. The third kappa shape index (κ3) is 4.70. The Kier molecular flexibility index (Phi) is 6.02. The molecule has 0 spiro atoms. The highest BCUT2D eigenvalue weighted by atomic mass is 32.2. The number of hydrogen-bond acceptors (Lipinski definition) is 5. The zero-order valence-corrected chi connectivity index (χ0v) is 15.2. The number of rotatable bonds is 6. The summed E-state index contributed by atoms with van der Waals surface area (Å²) in [4.78, 5) is 26.3. The molecular weight excluding hydrogens is 344 g/mol. The second-order valence-corrected chi connectivity index (χ2v) is 7.96. The summed E-state index contributed by atoms with van der Waals surface area (Å²) in [6, 6.07) is 5.30. The zero-order chi connectivity index (χ0) is 18.6. The fourth-order valence-electron chi connectivity index (χ4n) is 2.73. The molecule has 2 amide bonds. The van der Waals surface area contributed by atoms with E-state index in [1.165, 1.54) is 29.2 Å². The lowest BCUT2D eigenvalue weighted by Gasteiger charge is -2.23. The molecule has 1 saturated heterocycles. The first kappa shape index (κ1) is 19.2. The molecule has 1 aromatic carbocycles. The SMILES string of the molecule is CCNC(=O)[C@@H]1C[C@@H](N)CN1C(=O)c1ccc(NS(=O)(=O)CC)cc1. The van der Waals surface area contributed by atoms with E-state index in [0.29, 0.717) is 30.8 Å². The van der Waals surface area contributed by atoms with Gasteiger partial charge in [-0.3, -0.25) is 14.3 Å². The molecule has 0 aromatic heterocycles. The summed E-state index contributed by atoms with van der Waals surface area (Å²) in [6.07, 6.45) is 0.423. The van der Waals surface area contributed by atoms with Gasteiger partial charge in [0.15, 0.2) is 0 Å². The van der Waals surface area contributed by atoms with Gasteiger partial charge in [0, 0.05) is 30.4 Å². The van der Waals surface area contributed by atoms with Crippen molar-refractivity contribution in [1.29, 1.82) is 0 Å². The molecule has 1 aliphatic rings. The number of sulfonamides is 1. The van der Waals surface area contributed by atoms with E-state index in [1.807, 2.05) is 6.92 Å². The highest BCUT2D eigenvalue weighted by Crippen LogP contribution is 2.21. The van der Waals surface area contributed by atoms with Crippen LogP contribution < -0.4 is 15.8 Å². The molecule has 0 saturated carbocycles. The highest BCUT2D eigenvalue weighted by Gasteiger charge is 2.38. The summed E-state index contributed by atoms with van der Waals surface area (Å²) in [7, 11) is -3.37. The number of nitrogens with one attached hydrogen (secondary N) is 2. The minimum atomic E-state index is -3.37. The number of amides is 2. The molecule has 8 nitrogen and oxygen atoms in total. The first-order chi connectivity index (χ1) is 11.8. The molecule has 4 N–H and O–H groups in total. The largest absolute Gasteiger partial charge is 0.355 e. The van der Waals surface area contributed by atoms with Crippen LogP contribution in [0.25, 0.3) is 0 Å². The predicted molar refractivity (Wildman–Crippen MR) is 95.6 cm³/mol.